The Morgan fingerprint density at radius 3 is 2.87 bits per heavy atom. The minimum absolute atomic E-state index is 0.0433. The molecule has 23 heavy (non-hydrogen) atoms. The molecule has 124 valence electrons. The van der Waals surface area contributed by atoms with Crippen molar-refractivity contribution >= 4 is 34.1 Å². The second-order valence-corrected chi connectivity index (χ2v) is 7.86. The molecule has 0 aliphatic carbocycles. The molecule has 1 aromatic carbocycles. The number of benzene rings is 1. The van der Waals surface area contributed by atoms with Gasteiger partial charge in [-0.2, -0.15) is 0 Å². The van der Waals surface area contributed by atoms with E-state index in [9.17, 15) is 4.79 Å². The third kappa shape index (κ3) is 5.51. The summed E-state index contributed by atoms with van der Waals surface area (Å²) < 4.78 is 6.44. The Kier molecular flexibility index (Phi) is 6.41. The standard InChI is InChI=1S/C16H21N3O2S2/c1-10(2)9-22-16-19-18-15(23-16)17-14(20)8-21-13-7-5-6-11(3)12(13)4/h5-7,10H,8-9H2,1-4H3,(H,17,18,20). The minimum atomic E-state index is -0.234. The third-order valence-corrected chi connectivity index (χ3v) is 5.51. The van der Waals surface area contributed by atoms with Gasteiger partial charge in [0.15, 0.2) is 10.9 Å². The first-order valence-corrected chi connectivity index (χ1v) is 9.21. The Bertz CT molecular complexity index is 671. The van der Waals surface area contributed by atoms with Crippen LogP contribution in [-0.2, 0) is 4.79 Å². The first kappa shape index (κ1) is 17.7. The Balaban J connectivity index is 1.84. The summed E-state index contributed by atoms with van der Waals surface area (Å²) in [7, 11) is 0. The Hall–Kier alpha value is -1.60. The summed E-state index contributed by atoms with van der Waals surface area (Å²) in [6.07, 6.45) is 0. The van der Waals surface area contributed by atoms with Crippen molar-refractivity contribution in [2.45, 2.75) is 32.0 Å². The van der Waals surface area contributed by atoms with E-state index in [2.05, 4.69) is 29.4 Å². The number of aryl methyl sites for hydroxylation is 1. The maximum absolute atomic E-state index is 12.0. The quantitative estimate of drug-likeness (QED) is 0.605. The highest BCUT2D eigenvalue weighted by atomic mass is 32.2. The van der Waals surface area contributed by atoms with Crippen LogP contribution < -0.4 is 10.1 Å². The van der Waals surface area contributed by atoms with Gasteiger partial charge in [0.2, 0.25) is 5.13 Å². The number of carbonyl (C=O) groups is 1. The number of nitrogens with zero attached hydrogens (tertiary/aromatic N) is 2. The van der Waals surface area contributed by atoms with Crippen molar-refractivity contribution in [3.63, 3.8) is 0 Å². The van der Waals surface area contributed by atoms with Crippen LogP contribution in [0.3, 0.4) is 0 Å². The number of ether oxygens (including phenoxy) is 1. The van der Waals surface area contributed by atoms with Gasteiger partial charge in [0.1, 0.15) is 5.75 Å². The molecule has 0 unspecified atom stereocenters. The number of hydrogen-bond donors (Lipinski definition) is 1. The third-order valence-electron chi connectivity index (χ3n) is 3.11. The topological polar surface area (TPSA) is 64.1 Å². The molecule has 0 aliphatic heterocycles. The number of amides is 1. The molecule has 0 saturated carbocycles. The van der Waals surface area contributed by atoms with Gasteiger partial charge in [-0.1, -0.05) is 49.1 Å². The number of rotatable bonds is 7. The Morgan fingerprint density at radius 2 is 2.13 bits per heavy atom. The fraction of sp³-hybridized carbons (Fsp3) is 0.438. The molecule has 0 radical (unpaired) electrons. The highest BCUT2D eigenvalue weighted by molar-refractivity contribution is 8.01. The van der Waals surface area contributed by atoms with Crippen LogP contribution in [0.2, 0.25) is 0 Å². The summed E-state index contributed by atoms with van der Waals surface area (Å²) in [6.45, 7) is 8.26. The van der Waals surface area contributed by atoms with Gasteiger partial charge in [0.25, 0.3) is 5.91 Å². The first-order valence-electron chi connectivity index (χ1n) is 7.41. The normalized spacial score (nSPS) is 10.8. The molecule has 7 heteroatoms. The zero-order chi connectivity index (χ0) is 16.8. The molecule has 5 nitrogen and oxygen atoms in total. The van der Waals surface area contributed by atoms with Gasteiger partial charge in [-0.3, -0.25) is 10.1 Å². The van der Waals surface area contributed by atoms with E-state index in [0.29, 0.717) is 11.0 Å². The molecular formula is C16H21N3O2S2. The second-order valence-electron chi connectivity index (χ2n) is 5.61. The minimum Gasteiger partial charge on any atom is -0.483 e. The molecule has 0 aliphatic rings. The molecule has 0 fully saturated rings. The monoisotopic (exact) mass is 351 g/mol. The van der Waals surface area contributed by atoms with Crippen LogP contribution in [0.25, 0.3) is 0 Å². The van der Waals surface area contributed by atoms with Crippen LogP contribution in [0.4, 0.5) is 5.13 Å². The van der Waals surface area contributed by atoms with Crippen molar-refractivity contribution in [3.8, 4) is 5.75 Å². The molecule has 0 atom stereocenters. The zero-order valence-corrected chi connectivity index (χ0v) is 15.4. The van der Waals surface area contributed by atoms with Crippen LogP contribution in [0.5, 0.6) is 5.75 Å². The highest BCUT2D eigenvalue weighted by Crippen LogP contribution is 2.27. The molecule has 1 heterocycles. The van der Waals surface area contributed by atoms with Crippen molar-refractivity contribution in [3.05, 3.63) is 29.3 Å². The summed E-state index contributed by atoms with van der Waals surface area (Å²) in [5.41, 5.74) is 2.18. The maximum Gasteiger partial charge on any atom is 0.264 e. The second kappa shape index (κ2) is 8.31. The lowest BCUT2D eigenvalue weighted by Gasteiger charge is -2.10. The number of nitrogens with one attached hydrogen (secondary N) is 1. The lowest BCUT2D eigenvalue weighted by Crippen LogP contribution is -2.20. The van der Waals surface area contributed by atoms with E-state index in [1.54, 1.807) is 11.8 Å². The average Bonchev–Trinajstić information content (AvgIpc) is 2.94. The van der Waals surface area contributed by atoms with Crippen LogP contribution in [0.1, 0.15) is 25.0 Å². The van der Waals surface area contributed by atoms with Gasteiger partial charge in [0.05, 0.1) is 0 Å². The highest BCUT2D eigenvalue weighted by Gasteiger charge is 2.10. The van der Waals surface area contributed by atoms with E-state index in [4.69, 9.17) is 4.74 Å². The SMILES string of the molecule is Cc1cccc(OCC(=O)Nc2nnc(SCC(C)C)s2)c1C. The van der Waals surface area contributed by atoms with Gasteiger partial charge in [-0.05, 0) is 37.0 Å². The predicted octanol–water partition coefficient (Wildman–Crippen LogP) is 3.92. The van der Waals surface area contributed by atoms with Crippen LogP contribution >= 0.6 is 23.1 Å². The Labute approximate surface area is 144 Å². The first-order chi connectivity index (χ1) is 11.0. The molecular weight excluding hydrogens is 330 g/mol. The van der Waals surface area contributed by atoms with E-state index in [0.717, 1.165) is 27.0 Å². The smallest absolute Gasteiger partial charge is 0.264 e. The molecule has 2 aromatic rings. The number of thioether (sulfide) groups is 1. The molecule has 1 N–H and O–H groups in total. The van der Waals surface area contributed by atoms with Gasteiger partial charge in [0, 0.05) is 5.75 Å². The largest absolute Gasteiger partial charge is 0.483 e. The van der Waals surface area contributed by atoms with Crippen LogP contribution in [0.15, 0.2) is 22.5 Å². The summed E-state index contributed by atoms with van der Waals surface area (Å²) in [5, 5.41) is 11.3. The molecule has 1 aromatic heterocycles. The summed E-state index contributed by atoms with van der Waals surface area (Å²) in [5.74, 6) is 2.07. The van der Waals surface area contributed by atoms with Crippen LogP contribution in [0, 0.1) is 19.8 Å². The van der Waals surface area contributed by atoms with Gasteiger partial charge < -0.3 is 4.74 Å². The molecule has 0 saturated heterocycles. The number of carbonyl (C=O) groups excluding carboxylic acids is 1. The summed E-state index contributed by atoms with van der Waals surface area (Å²) in [6, 6.07) is 5.79. The van der Waals surface area contributed by atoms with Crippen LogP contribution in [-0.4, -0.2) is 28.5 Å². The van der Waals surface area contributed by atoms with Gasteiger partial charge >= 0.3 is 0 Å². The van der Waals surface area contributed by atoms with Gasteiger partial charge in [-0.25, -0.2) is 0 Å². The number of anilines is 1. The fourth-order valence-corrected chi connectivity index (χ4v) is 3.48. The molecule has 1 amide bonds. The van der Waals surface area contributed by atoms with Crippen molar-refractivity contribution in [2.24, 2.45) is 5.92 Å². The lowest BCUT2D eigenvalue weighted by atomic mass is 10.1. The summed E-state index contributed by atoms with van der Waals surface area (Å²) >= 11 is 3.04. The van der Waals surface area contributed by atoms with Crippen molar-refractivity contribution < 1.29 is 9.53 Å². The van der Waals surface area contributed by atoms with Crippen molar-refractivity contribution in [1.82, 2.24) is 10.2 Å². The molecule has 2 rings (SSSR count). The average molecular weight is 351 g/mol. The zero-order valence-electron chi connectivity index (χ0n) is 13.8. The van der Waals surface area contributed by atoms with E-state index in [-0.39, 0.29) is 12.5 Å². The van der Waals surface area contributed by atoms with E-state index in [1.807, 2.05) is 32.0 Å². The number of hydrogen-bond acceptors (Lipinski definition) is 6. The molecule has 0 spiro atoms. The van der Waals surface area contributed by atoms with Crippen molar-refractivity contribution in [1.29, 1.82) is 0 Å². The predicted molar refractivity (Wildman–Crippen MR) is 95.5 cm³/mol. The fourth-order valence-electron chi connectivity index (χ4n) is 1.74. The summed E-state index contributed by atoms with van der Waals surface area (Å²) in [4.78, 5) is 12.0. The van der Waals surface area contributed by atoms with E-state index >= 15 is 0 Å². The Morgan fingerprint density at radius 1 is 1.35 bits per heavy atom. The van der Waals surface area contributed by atoms with Gasteiger partial charge in [-0.15, -0.1) is 10.2 Å². The maximum atomic E-state index is 12.0. The number of aromatic nitrogens is 2. The van der Waals surface area contributed by atoms with E-state index in [1.165, 1.54) is 11.3 Å². The van der Waals surface area contributed by atoms with E-state index < -0.39 is 0 Å². The molecule has 0 bridgehead atoms. The lowest BCUT2D eigenvalue weighted by molar-refractivity contribution is -0.118. The van der Waals surface area contributed by atoms with Crippen molar-refractivity contribution in [2.75, 3.05) is 17.7 Å².